The van der Waals surface area contributed by atoms with Gasteiger partial charge in [-0.15, -0.1) is 15.2 Å². The lowest BCUT2D eigenvalue weighted by molar-refractivity contribution is -0.197. The van der Waals surface area contributed by atoms with Crippen LogP contribution in [0.5, 0.6) is 0 Å². The van der Waals surface area contributed by atoms with Gasteiger partial charge in [-0.25, -0.2) is 9.59 Å². The summed E-state index contributed by atoms with van der Waals surface area (Å²) in [6.07, 6.45) is 2.93. The van der Waals surface area contributed by atoms with Gasteiger partial charge >= 0.3 is 11.9 Å². The summed E-state index contributed by atoms with van der Waals surface area (Å²) < 4.78 is 1.60. The first kappa shape index (κ1) is 23.7. The second kappa shape index (κ2) is 10.2. The molecule has 3 heterocycles. The van der Waals surface area contributed by atoms with Gasteiger partial charge in [-0.2, -0.15) is 0 Å². The smallest absolute Gasteiger partial charge is 0.330 e. The van der Waals surface area contributed by atoms with Gasteiger partial charge in [0.2, 0.25) is 0 Å². The van der Waals surface area contributed by atoms with Crippen LogP contribution in [0.3, 0.4) is 0 Å². The Morgan fingerprint density at radius 3 is 1.97 bits per heavy atom. The Morgan fingerprint density at radius 2 is 1.37 bits per heavy atom. The summed E-state index contributed by atoms with van der Waals surface area (Å²) in [5.74, 6) is -3.60. The number of imide groups is 2. The van der Waals surface area contributed by atoms with Gasteiger partial charge in [-0.3, -0.25) is 23.9 Å². The van der Waals surface area contributed by atoms with Crippen molar-refractivity contribution >= 4 is 35.6 Å². The molecule has 13 heteroatoms. The van der Waals surface area contributed by atoms with Gasteiger partial charge in [-0.05, 0) is 25.0 Å². The lowest BCUT2D eigenvalue weighted by Gasteiger charge is -2.12. The largest absolute Gasteiger partial charge is 0.363 e. The molecule has 0 atom stereocenters. The maximum Gasteiger partial charge on any atom is 0.363 e. The van der Waals surface area contributed by atoms with Crippen molar-refractivity contribution in [2.24, 2.45) is 0 Å². The Balaban J connectivity index is 1.23. The Kier molecular flexibility index (Phi) is 6.94. The number of rotatable bonds is 9. The number of aromatic nitrogens is 3. The van der Waals surface area contributed by atoms with Crippen LogP contribution in [0.25, 0.3) is 11.3 Å². The third-order valence-electron chi connectivity index (χ3n) is 5.35. The van der Waals surface area contributed by atoms with E-state index in [0.717, 1.165) is 0 Å². The van der Waals surface area contributed by atoms with Crippen molar-refractivity contribution in [1.29, 1.82) is 0 Å². The first-order chi connectivity index (χ1) is 16.8. The molecule has 4 rings (SSSR count). The number of hydroxylamine groups is 4. The van der Waals surface area contributed by atoms with E-state index in [0.29, 0.717) is 40.8 Å². The molecular formula is C22H21N5O8. The molecule has 0 bridgehead atoms. The minimum atomic E-state index is -0.819. The summed E-state index contributed by atoms with van der Waals surface area (Å²) in [4.78, 5) is 79.8. The maximum atomic E-state index is 12.2. The van der Waals surface area contributed by atoms with Crippen molar-refractivity contribution in [2.75, 3.05) is 0 Å². The highest BCUT2D eigenvalue weighted by atomic mass is 16.7. The molecule has 1 aromatic heterocycles. The molecule has 0 aliphatic carbocycles. The van der Waals surface area contributed by atoms with E-state index in [1.165, 1.54) is 12.1 Å². The Morgan fingerprint density at radius 1 is 0.800 bits per heavy atom. The van der Waals surface area contributed by atoms with E-state index >= 15 is 0 Å². The summed E-state index contributed by atoms with van der Waals surface area (Å²) in [6.45, 7) is 0.476. The normalized spacial score (nSPS) is 15.8. The highest BCUT2D eigenvalue weighted by molar-refractivity contribution is 6.03. The second-order valence-electron chi connectivity index (χ2n) is 7.91. The lowest BCUT2D eigenvalue weighted by Crippen LogP contribution is -2.32. The topological polar surface area (TPSA) is 158 Å². The molecule has 2 saturated heterocycles. The molecule has 2 aliphatic heterocycles. The number of aryl methyl sites for hydroxylation is 1. The summed E-state index contributed by atoms with van der Waals surface area (Å²) in [6, 6.07) is 6.25. The fraction of sp³-hybridized carbons (Fsp3) is 0.364. The van der Waals surface area contributed by atoms with Gasteiger partial charge in [0.25, 0.3) is 23.6 Å². The van der Waals surface area contributed by atoms with Crippen LogP contribution in [0.15, 0.2) is 30.5 Å². The zero-order valence-electron chi connectivity index (χ0n) is 18.5. The van der Waals surface area contributed by atoms with Gasteiger partial charge in [0, 0.05) is 44.2 Å². The van der Waals surface area contributed by atoms with Crippen LogP contribution in [0.4, 0.5) is 0 Å². The number of benzene rings is 1. The van der Waals surface area contributed by atoms with Crippen LogP contribution in [0.1, 0.15) is 55.3 Å². The highest BCUT2D eigenvalue weighted by Gasteiger charge is 2.33. The van der Waals surface area contributed by atoms with Gasteiger partial charge in [0.05, 0.1) is 11.8 Å². The number of unbranched alkanes of at least 4 members (excludes halogenated alkanes) is 1. The van der Waals surface area contributed by atoms with Crippen molar-refractivity contribution in [3.05, 3.63) is 36.0 Å². The van der Waals surface area contributed by atoms with Crippen LogP contribution < -0.4 is 0 Å². The van der Waals surface area contributed by atoms with Crippen LogP contribution in [0, 0.1) is 0 Å². The average Bonchev–Trinajstić information content (AvgIpc) is 3.54. The summed E-state index contributed by atoms with van der Waals surface area (Å²) >= 11 is 0. The minimum Gasteiger partial charge on any atom is -0.330 e. The molecule has 4 amide bonds. The third-order valence-corrected chi connectivity index (χ3v) is 5.35. The van der Waals surface area contributed by atoms with Crippen LogP contribution in [0.2, 0.25) is 0 Å². The van der Waals surface area contributed by atoms with Crippen molar-refractivity contribution in [3.63, 3.8) is 0 Å². The standard InChI is InChI=1S/C22H21N5O8/c28-17-8-9-18(29)26(17)34-21(32)3-1-2-12-25-13-16(23-24-25)14-4-6-15(7-5-14)22(33)35-27-19(30)10-11-20(27)31/h4-7,13H,1-3,8-12H2. The summed E-state index contributed by atoms with van der Waals surface area (Å²) in [7, 11) is 0. The molecule has 1 aromatic carbocycles. The first-order valence-corrected chi connectivity index (χ1v) is 11.0. The van der Waals surface area contributed by atoms with Gasteiger partial charge in [0.15, 0.2) is 0 Å². The monoisotopic (exact) mass is 483 g/mol. The van der Waals surface area contributed by atoms with Crippen molar-refractivity contribution in [1.82, 2.24) is 25.1 Å². The fourth-order valence-corrected chi connectivity index (χ4v) is 3.46. The Bertz CT molecular complexity index is 1160. The number of nitrogens with zero attached hydrogens (tertiary/aromatic N) is 5. The minimum absolute atomic E-state index is 0.0193. The van der Waals surface area contributed by atoms with E-state index in [4.69, 9.17) is 9.68 Å². The molecule has 0 unspecified atom stereocenters. The van der Waals surface area contributed by atoms with Gasteiger partial charge < -0.3 is 9.68 Å². The average molecular weight is 483 g/mol. The van der Waals surface area contributed by atoms with E-state index in [9.17, 15) is 28.8 Å². The number of amides is 4. The first-order valence-electron chi connectivity index (χ1n) is 11.0. The van der Waals surface area contributed by atoms with E-state index in [-0.39, 0.29) is 37.7 Å². The predicted octanol–water partition coefficient (Wildman–Crippen LogP) is 0.943. The highest BCUT2D eigenvalue weighted by Crippen LogP contribution is 2.19. The van der Waals surface area contributed by atoms with Crippen LogP contribution >= 0.6 is 0 Å². The van der Waals surface area contributed by atoms with Crippen LogP contribution in [-0.2, 0) is 40.2 Å². The Hall–Kier alpha value is -4.42. The quantitative estimate of drug-likeness (QED) is 0.371. The van der Waals surface area contributed by atoms with Crippen LogP contribution in [-0.4, -0.2) is 60.7 Å². The van der Waals surface area contributed by atoms with E-state index in [2.05, 4.69) is 10.3 Å². The molecule has 182 valence electrons. The summed E-state index contributed by atoms with van der Waals surface area (Å²) in [5.41, 5.74) is 1.41. The van der Waals surface area contributed by atoms with E-state index in [1.54, 1.807) is 23.0 Å². The molecule has 2 aromatic rings. The number of hydrogen-bond donors (Lipinski definition) is 0. The molecule has 35 heavy (non-hydrogen) atoms. The summed E-state index contributed by atoms with van der Waals surface area (Å²) in [5, 5.41) is 9.15. The van der Waals surface area contributed by atoms with Crippen molar-refractivity contribution < 1.29 is 38.4 Å². The lowest BCUT2D eigenvalue weighted by atomic mass is 10.1. The third kappa shape index (κ3) is 5.57. The molecule has 0 radical (unpaired) electrons. The number of carbonyl (C=O) groups excluding carboxylic acids is 6. The predicted molar refractivity (Wildman–Crippen MR) is 113 cm³/mol. The van der Waals surface area contributed by atoms with Gasteiger partial charge in [-0.1, -0.05) is 17.3 Å². The van der Waals surface area contributed by atoms with Gasteiger partial charge in [0.1, 0.15) is 5.69 Å². The molecule has 0 spiro atoms. The molecule has 0 N–H and O–H groups in total. The SMILES string of the molecule is O=C(CCCCn1cc(-c2ccc(C(=O)ON3C(=O)CCC3=O)cc2)nn1)ON1C(=O)CCC1=O. The van der Waals surface area contributed by atoms with Crippen molar-refractivity contribution in [2.45, 2.75) is 51.5 Å². The molecule has 2 aliphatic rings. The maximum absolute atomic E-state index is 12.2. The number of carbonyl (C=O) groups is 6. The van der Waals surface area contributed by atoms with Crippen molar-refractivity contribution in [3.8, 4) is 11.3 Å². The molecule has 2 fully saturated rings. The fourth-order valence-electron chi connectivity index (χ4n) is 3.46. The number of hydrogen-bond acceptors (Lipinski definition) is 10. The Labute approximate surface area is 198 Å². The molecule has 0 saturated carbocycles. The zero-order valence-corrected chi connectivity index (χ0v) is 18.5. The van der Waals surface area contributed by atoms with E-state index in [1.807, 2.05) is 0 Å². The zero-order chi connectivity index (χ0) is 24.9. The molecular weight excluding hydrogens is 462 g/mol. The van der Waals surface area contributed by atoms with E-state index < -0.39 is 35.6 Å². The molecule has 13 nitrogen and oxygen atoms in total. The second-order valence-corrected chi connectivity index (χ2v) is 7.91.